The van der Waals surface area contributed by atoms with E-state index in [9.17, 15) is 0 Å². The summed E-state index contributed by atoms with van der Waals surface area (Å²) in [6.07, 6.45) is 14.8. The lowest BCUT2D eigenvalue weighted by atomic mass is 10.2. The Bertz CT molecular complexity index is 775. The van der Waals surface area contributed by atoms with Crippen molar-refractivity contribution in [2.75, 3.05) is 13.1 Å². The Hall–Kier alpha value is -3.20. The molecule has 0 spiro atoms. The molecule has 0 aliphatic rings. The van der Waals surface area contributed by atoms with Gasteiger partial charge in [0.25, 0.3) is 0 Å². The third kappa shape index (κ3) is 3.72. The quantitative estimate of drug-likeness (QED) is 0.474. The van der Waals surface area contributed by atoms with Gasteiger partial charge in [-0.25, -0.2) is 9.97 Å². The van der Waals surface area contributed by atoms with Gasteiger partial charge < -0.3 is 9.97 Å². The topological polar surface area (TPSA) is 96.2 Å². The van der Waals surface area contributed by atoms with E-state index in [4.69, 9.17) is 0 Å². The van der Waals surface area contributed by atoms with Crippen molar-refractivity contribution in [1.29, 1.82) is 0 Å². The van der Waals surface area contributed by atoms with Crippen LogP contribution in [0.25, 0.3) is 0 Å². The summed E-state index contributed by atoms with van der Waals surface area (Å²) in [7, 11) is 0. The Labute approximate surface area is 150 Å². The molecule has 4 aromatic rings. The smallest absolute Gasteiger partial charge is 0.131 e. The number of nitrogens with zero attached hydrogens (tertiary/aromatic N) is 7. The molecule has 0 atom stereocenters. The Morgan fingerprint density at radius 1 is 0.808 bits per heavy atom. The fraction of sp³-hybridized carbons (Fsp3) is 0.294. The van der Waals surface area contributed by atoms with E-state index in [1.54, 1.807) is 24.8 Å². The highest BCUT2D eigenvalue weighted by Gasteiger charge is 2.26. The van der Waals surface area contributed by atoms with Gasteiger partial charge >= 0.3 is 0 Å². The van der Waals surface area contributed by atoms with Crippen LogP contribution in [0.2, 0.25) is 0 Å². The third-order valence-corrected chi connectivity index (χ3v) is 4.27. The molecule has 0 aliphatic heterocycles. The van der Waals surface area contributed by atoms with Crippen LogP contribution in [-0.2, 0) is 13.1 Å². The third-order valence-electron chi connectivity index (χ3n) is 4.27. The number of rotatable bonds is 9. The number of hydrogen-bond acceptors (Lipinski definition) is 5. The number of imidazole rings is 2. The summed E-state index contributed by atoms with van der Waals surface area (Å²) >= 11 is 0. The largest absolute Gasteiger partial charge is 0.347 e. The summed E-state index contributed by atoms with van der Waals surface area (Å²) < 4.78 is 3.87. The monoisotopic (exact) mass is 351 g/mol. The van der Waals surface area contributed by atoms with Crippen LogP contribution in [0, 0.1) is 0 Å². The van der Waals surface area contributed by atoms with E-state index in [0.29, 0.717) is 0 Å². The zero-order chi connectivity index (χ0) is 17.6. The summed E-state index contributed by atoms with van der Waals surface area (Å²) in [6.45, 7) is 3.16. The molecule has 0 fully saturated rings. The Kier molecular flexibility index (Phi) is 4.88. The lowest BCUT2D eigenvalue weighted by Gasteiger charge is -2.29. The van der Waals surface area contributed by atoms with Crippen LogP contribution in [0.5, 0.6) is 0 Å². The first kappa shape index (κ1) is 16.3. The maximum Gasteiger partial charge on any atom is 0.131 e. The highest BCUT2D eigenvalue weighted by atomic mass is 15.3. The minimum absolute atomic E-state index is 0.0916. The predicted octanol–water partition coefficient (Wildman–Crippen LogP) is 1.32. The average molecular weight is 351 g/mol. The molecule has 9 nitrogen and oxygen atoms in total. The molecule has 0 bridgehead atoms. The van der Waals surface area contributed by atoms with Crippen molar-refractivity contribution in [3.8, 4) is 0 Å². The fourth-order valence-corrected chi connectivity index (χ4v) is 3.03. The molecule has 134 valence electrons. The maximum absolute atomic E-state index is 4.48. The highest BCUT2D eigenvalue weighted by molar-refractivity contribution is 5.10. The molecule has 9 heteroatoms. The molecule has 4 aromatic heterocycles. The summed E-state index contributed by atoms with van der Waals surface area (Å²) in [5.74, 6) is 1.72. The van der Waals surface area contributed by atoms with Gasteiger partial charge in [-0.15, -0.1) is 0 Å². The van der Waals surface area contributed by atoms with Crippen LogP contribution in [0.1, 0.15) is 17.7 Å². The van der Waals surface area contributed by atoms with E-state index in [0.717, 1.165) is 37.8 Å². The first-order valence-corrected chi connectivity index (χ1v) is 8.57. The van der Waals surface area contributed by atoms with Crippen LogP contribution in [-0.4, -0.2) is 57.5 Å². The molecule has 0 amide bonds. The van der Waals surface area contributed by atoms with Gasteiger partial charge in [-0.1, -0.05) is 0 Å². The van der Waals surface area contributed by atoms with Crippen molar-refractivity contribution < 1.29 is 0 Å². The standard InChI is InChI=1S/C17H21N9/c1-3-22-25(9-1)13-11-24(12-14-26-10-2-4-23-26)15(16-18-5-6-19-16)17-20-7-8-21-17/h1-10,15H,11-14H2,(H,18,19)(H,20,21). The zero-order valence-corrected chi connectivity index (χ0v) is 14.3. The summed E-state index contributed by atoms with van der Waals surface area (Å²) in [5.41, 5.74) is 0. The van der Waals surface area contributed by atoms with Crippen molar-refractivity contribution in [1.82, 2.24) is 44.4 Å². The number of hydrogen-bond donors (Lipinski definition) is 2. The molecule has 0 unspecified atom stereocenters. The van der Waals surface area contributed by atoms with E-state index < -0.39 is 0 Å². The van der Waals surface area contributed by atoms with Crippen LogP contribution < -0.4 is 0 Å². The molecule has 0 saturated carbocycles. The SMILES string of the molecule is c1cnn(CCN(CCn2cccn2)C(c2ncc[nH]2)c2ncc[nH]2)c1. The normalized spacial score (nSPS) is 11.6. The average Bonchev–Trinajstić information content (AvgIpc) is 3.46. The van der Waals surface area contributed by atoms with Gasteiger partial charge in [0.1, 0.15) is 17.7 Å². The molecule has 4 heterocycles. The summed E-state index contributed by atoms with van der Waals surface area (Å²) in [6, 6.07) is 3.78. The molecule has 4 rings (SSSR count). The second-order valence-corrected chi connectivity index (χ2v) is 5.93. The van der Waals surface area contributed by atoms with Crippen molar-refractivity contribution in [2.24, 2.45) is 0 Å². The molecule has 2 N–H and O–H groups in total. The maximum atomic E-state index is 4.48. The zero-order valence-electron chi connectivity index (χ0n) is 14.3. The number of nitrogens with one attached hydrogen (secondary N) is 2. The Balaban J connectivity index is 1.57. The lowest BCUT2D eigenvalue weighted by molar-refractivity contribution is 0.191. The number of H-pyrrole nitrogens is 2. The van der Waals surface area contributed by atoms with Crippen LogP contribution in [0.3, 0.4) is 0 Å². The molecule has 0 radical (unpaired) electrons. The Morgan fingerprint density at radius 2 is 1.35 bits per heavy atom. The van der Waals surface area contributed by atoms with E-state index in [-0.39, 0.29) is 6.04 Å². The van der Waals surface area contributed by atoms with Crippen molar-refractivity contribution >= 4 is 0 Å². The van der Waals surface area contributed by atoms with Gasteiger partial charge in [0.05, 0.1) is 13.1 Å². The van der Waals surface area contributed by atoms with Crippen molar-refractivity contribution in [3.63, 3.8) is 0 Å². The summed E-state index contributed by atoms with van der Waals surface area (Å²) in [4.78, 5) is 17.8. The first-order valence-electron chi connectivity index (χ1n) is 8.57. The van der Waals surface area contributed by atoms with Gasteiger partial charge in [0, 0.05) is 62.7 Å². The van der Waals surface area contributed by atoms with Crippen LogP contribution in [0.4, 0.5) is 0 Å². The predicted molar refractivity (Wildman–Crippen MR) is 95.0 cm³/mol. The molecule has 0 aliphatic carbocycles. The van der Waals surface area contributed by atoms with E-state index >= 15 is 0 Å². The van der Waals surface area contributed by atoms with E-state index in [2.05, 4.69) is 35.0 Å². The number of aromatic amines is 2. The van der Waals surface area contributed by atoms with Crippen molar-refractivity contribution in [2.45, 2.75) is 19.1 Å². The second kappa shape index (κ2) is 7.79. The van der Waals surface area contributed by atoms with Crippen LogP contribution in [0.15, 0.2) is 61.7 Å². The number of aromatic nitrogens is 8. The first-order chi connectivity index (χ1) is 12.9. The molecular weight excluding hydrogens is 330 g/mol. The molecule has 0 aromatic carbocycles. The lowest BCUT2D eigenvalue weighted by Crippen LogP contribution is -2.36. The molecule has 0 saturated heterocycles. The van der Waals surface area contributed by atoms with Crippen LogP contribution >= 0.6 is 0 Å². The fourth-order valence-electron chi connectivity index (χ4n) is 3.03. The minimum Gasteiger partial charge on any atom is -0.347 e. The molecule has 26 heavy (non-hydrogen) atoms. The van der Waals surface area contributed by atoms with E-state index in [1.165, 1.54) is 0 Å². The van der Waals surface area contributed by atoms with E-state index in [1.807, 2.05) is 46.3 Å². The Morgan fingerprint density at radius 3 is 1.73 bits per heavy atom. The minimum atomic E-state index is -0.0916. The van der Waals surface area contributed by atoms with Gasteiger partial charge in [-0.2, -0.15) is 10.2 Å². The van der Waals surface area contributed by atoms with Gasteiger partial charge in [-0.3, -0.25) is 14.3 Å². The van der Waals surface area contributed by atoms with Gasteiger partial charge in [0.2, 0.25) is 0 Å². The van der Waals surface area contributed by atoms with Gasteiger partial charge in [0.15, 0.2) is 0 Å². The summed E-state index contributed by atoms with van der Waals surface area (Å²) in [5, 5.41) is 8.62. The molecular formula is C17H21N9. The van der Waals surface area contributed by atoms with Crippen molar-refractivity contribution in [3.05, 3.63) is 73.4 Å². The second-order valence-electron chi connectivity index (χ2n) is 5.93. The van der Waals surface area contributed by atoms with Gasteiger partial charge in [-0.05, 0) is 12.1 Å². The highest BCUT2D eigenvalue weighted by Crippen LogP contribution is 2.23.